The second-order valence-electron chi connectivity index (χ2n) is 9.15. The van der Waals surface area contributed by atoms with E-state index in [-0.39, 0.29) is 4.90 Å². The lowest BCUT2D eigenvalue weighted by Gasteiger charge is -2.31. The lowest BCUT2D eigenvalue weighted by molar-refractivity contribution is 0.0735. The summed E-state index contributed by atoms with van der Waals surface area (Å²) in [6.07, 6.45) is 3.87. The molecule has 8 nitrogen and oxygen atoms in total. The zero-order valence-corrected chi connectivity index (χ0v) is 21.5. The van der Waals surface area contributed by atoms with Crippen molar-refractivity contribution in [1.29, 1.82) is 0 Å². The predicted molar refractivity (Wildman–Crippen MR) is 138 cm³/mol. The van der Waals surface area contributed by atoms with Crippen molar-refractivity contribution in [2.45, 2.75) is 30.6 Å². The van der Waals surface area contributed by atoms with Crippen LogP contribution in [0.1, 0.15) is 36.0 Å². The summed E-state index contributed by atoms with van der Waals surface area (Å²) in [6, 6.07) is 11.5. The molecule has 0 radical (unpaired) electrons. The number of ether oxygens (including phenoxy) is 1. The third-order valence-electron chi connectivity index (χ3n) is 6.63. The van der Waals surface area contributed by atoms with Crippen molar-refractivity contribution < 1.29 is 17.9 Å². The Balaban J connectivity index is 1.27. The van der Waals surface area contributed by atoms with Crippen molar-refractivity contribution in [3.05, 3.63) is 48.0 Å². The second kappa shape index (κ2) is 10.2. The van der Waals surface area contributed by atoms with E-state index in [2.05, 4.69) is 16.8 Å². The standard InChI is InChI=1S/C25H30N4O4S2/c1-27-14-16-28(17-15-27)25-26-22-11-8-20(18-23(22)34-25)33-24(30)19-6-9-21(10-7-19)35(31,32)29-12-4-2-3-5-13-29/h6-11,18H,2-5,12-17H2,1H3. The van der Waals surface area contributed by atoms with Gasteiger partial charge in [-0.15, -0.1) is 0 Å². The van der Waals surface area contributed by atoms with E-state index in [1.54, 1.807) is 21.7 Å². The molecule has 3 heterocycles. The van der Waals surface area contributed by atoms with Crippen LogP contribution in [-0.2, 0) is 10.0 Å². The topological polar surface area (TPSA) is 83.0 Å². The lowest BCUT2D eigenvalue weighted by atomic mass is 10.2. The maximum absolute atomic E-state index is 13.0. The van der Waals surface area contributed by atoms with Gasteiger partial charge in [-0.3, -0.25) is 0 Å². The van der Waals surface area contributed by atoms with Gasteiger partial charge in [-0.05, 0) is 56.3 Å². The number of anilines is 1. The summed E-state index contributed by atoms with van der Waals surface area (Å²) in [5.74, 6) is -0.0794. The number of hydrogen-bond donors (Lipinski definition) is 0. The van der Waals surface area contributed by atoms with Gasteiger partial charge in [0.25, 0.3) is 0 Å². The number of likely N-dealkylation sites (N-methyl/N-ethyl adjacent to an activating group) is 1. The van der Waals surface area contributed by atoms with Crippen molar-refractivity contribution >= 4 is 42.7 Å². The fourth-order valence-electron chi connectivity index (χ4n) is 4.45. The normalized spacial score (nSPS) is 18.5. The van der Waals surface area contributed by atoms with Crippen molar-refractivity contribution in [3.8, 4) is 5.75 Å². The van der Waals surface area contributed by atoms with Crippen LogP contribution in [0.5, 0.6) is 5.75 Å². The van der Waals surface area contributed by atoms with Crippen LogP contribution in [0.4, 0.5) is 5.13 Å². The van der Waals surface area contributed by atoms with Gasteiger partial charge in [0, 0.05) is 45.3 Å². The summed E-state index contributed by atoms with van der Waals surface area (Å²) in [5, 5.41) is 0.984. The molecule has 10 heteroatoms. The molecule has 2 fully saturated rings. The largest absolute Gasteiger partial charge is 0.423 e. The molecule has 35 heavy (non-hydrogen) atoms. The zero-order valence-electron chi connectivity index (χ0n) is 19.9. The van der Waals surface area contributed by atoms with E-state index in [0.717, 1.165) is 67.2 Å². The fourth-order valence-corrected chi connectivity index (χ4v) is 7.01. The number of rotatable bonds is 5. The molecule has 2 aromatic carbocycles. The highest BCUT2D eigenvalue weighted by molar-refractivity contribution is 7.89. The minimum Gasteiger partial charge on any atom is -0.423 e. The van der Waals surface area contributed by atoms with Crippen LogP contribution in [-0.4, -0.2) is 74.9 Å². The van der Waals surface area contributed by atoms with Crippen LogP contribution >= 0.6 is 11.3 Å². The Labute approximate surface area is 210 Å². The third kappa shape index (κ3) is 5.35. The van der Waals surface area contributed by atoms with Crippen molar-refractivity contribution in [1.82, 2.24) is 14.2 Å². The van der Waals surface area contributed by atoms with Crippen molar-refractivity contribution in [2.24, 2.45) is 0 Å². The number of piperazine rings is 1. The number of carbonyl (C=O) groups is 1. The SMILES string of the molecule is CN1CCN(c2nc3ccc(OC(=O)c4ccc(S(=O)(=O)N5CCCCCC5)cc4)cc3s2)CC1. The van der Waals surface area contributed by atoms with E-state index < -0.39 is 16.0 Å². The van der Waals surface area contributed by atoms with E-state index in [0.29, 0.717) is 24.4 Å². The summed E-state index contributed by atoms with van der Waals surface area (Å²) < 4.78 is 34.0. The van der Waals surface area contributed by atoms with E-state index in [4.69, 9.17) is 9.72 Å². The minimum atomic E-state index is -3.55. The molecule has 186 valence electrons. The molecule has 2 saturated heterocycles. The quantitative estimate of drug-likeness (QED) is 0.378. The number of aromatic nitrogens is 1. The summed E-state index contributed by atoms with van der Waals surface area (Å²) in [4.78, 5) is 22.3. The average molecular weight is 515 g/mol. The van der Waals surface area contributed by atoms with Crippen LogP contribution < -0.4 is 9.64 Å². The number of fused-ring (bicyclic) bond motifs is 1. The molecule has 2 aliphatic heterocycles. The first-order valence-corrected chi connectivity index (χ1v) is 14.3. The molecule has 0 atom stereocenters. The summed E-state index contributed by atoms with van der Waals surface area (Å²) in [6.45, 7) is 5.00. The fraction of sp³-hybridized carbons (Fsp3) is 0.440. The molecule has 0 unspecified atom stereocenters. The molecule has 5 rings (SSSR count). The lowest BCUT2D eigenvalue weighted by Crippen LogP contribution is -2.44. The Kier molecular flexibility index (Phi) is 7.06. The van der Waals surface area contributed by atoms with Gasteiger partial charge in [0.1, 0.15) is 5.75 Å². The number of thiazole rings is 1. The second-order valence-corrected chi connectivity index (χ2v) is 12.1. The molecule has 0 amide bonds. The highest BCUT2D eigenvalue weighted by Gasteiger charge is 2.25. The van der Waals surface area contributed by atoms with Gasteiger partial charge in [0.05, 0.1) is 20.7 Å². The van der Waals surface area contributed by atoms with E-state index >= 15 is 0 Å². The highest BCUT2D eigenvalue weighted by atomic mass is 32.2. The predicted octanol–water partition coefficient (Wildman–Crippen LogP) is 3.83. The summed E-state index contributed by atoms with van der Waals surface area (Å²) in [5.41, 5.74) is 1.19. The molecule has 1 aromatic heterocycles. The maximum atomic E-state index is 13.0. The zero-order chi connectivity index (χ0) is 24.4. The highest BCUT2D eigenvalue weighted by Crippen LogP contribution is 2.32. The first-order chi connectivity index (χ1) is 16.9. The number of carbonyl (C=O) groups excluding carboxylic acids is 1. The Hall–Kier alpha value is -2.53. The first kappa shape index (κ1) is 24.2. The van der Waals surface area contributed by atoms with Crippen molar-refractivity contribution in [3.63, 3.8) is 0 Å². The van der Waals surface area contributed by atoms with Gasteiger partial charge < -0.3 is 14.5 Å². The van der Waals surface area contributed by atoms with Crippen LogP contribution in [0.3, 0.4) is 0 Å². The molecule has 0 aliphatic carbocycles. The van der Waals surface area contributed by atoms with Gasteiger partial charge >= 0.3 is 5.97 Å². The Morgan fingerprint density at radius 1 is 0.914 bits per heavy atom. The molecule has 0 N–H and O–H groups in total. The molecule has 2 aliphatic rings. The Morgan fingerprint density at radius 2 is 1.60 bits per heavy atom. The number of esters is 1. The summed E-state index contributed by atoms with van der Waals surface area (Å²) in [7, 11) is -1.43. The molecule has 0 bridgehead atoms. The van der Waals surface area contributed by atoms with Gasteiger partial charge in [-0.25, -0.2) is 18.2 Å². The number of hydrogen-bond acceptors (Lipinski definition) is 8. The van der Waals surface area contributed by atoms with E-state index in [1.165, 1.54) is 24.3 Å². The Bertz CT molecular complexity index is 1290. The number of nitrogens with zero attached hydrogens (tertiary/aromatic N) is 4. The Morgan fingerprint density at radius 3 is 2.29 bits per heavy atom. The van der Waals surface area contributed by atoms with Crippen LogP contribution in [0.15, 0.2) is 47.4 Å². The molecular weight excluding hydrogens is 484 g/mol. The maximum Gasteiger partial charge on any atom is 0.343 e. The molecule has 0 saturated carbocycles. The van der Waals surface area contributed by atoms with Gasteiger partial charge in [0.2, 0.25) is 10.0 Å². The van der Waals surface area contributed by atoms with E-state index in [9.17, 15) is 13.2 Å². The van der Waals surface area contributed by atoms with Crippen molar-refractivity contribution in [2.75, 3.05) is 51.2 Å². The monoisotopic (exact) mass is 514 g/mol. The smallest absolute Gasteiger partial charge is 0.343 e. The van der Waals surface area contributed by atoms with Gasteiger partial charge in [0.15, 0.2) is 5.13 Å². The molecule has 3 aromatic rings. The van der Waals surface area contributed by atoms with Crippen LogP contribution in [0, 0.1) is 0 Å². The molecular formula is C25H30N4O4S2. The van der Waals surface area contributed by atoms with E-state index in [1.807, 2.05) is 12.1 Å². The molecule has 0 spiro atoms. The summed E-state index contributed by atoms with van der Waals surface area (Å²) >= 11 is 1.60. The van der Waals surface area contributed by atoms with Gasteiger partial charge in [-0.1, -0.05) is 24.2 Å². The first-order valence-electron chi connectivity index (χ1n) is 12.1. The average Bonchev–Trinajstić information content (AvgIpc) is 3.08. The third-order valence-corrected chi connectivity index (χ3v) is 9.62. The minimum absolute atomic E-state index is 0.207. The number of sulfonamides is 1. The van der Waals surface area contributed by atoms with Crippen LogP contribution in [0.2, 0.25) is 0 Å². The van der Waals surface area contributed by atoms with Gasteiger partial charge in [-0.2, -0.15) is 4.31 Å². The van der Waals surface area contributed by atoms with Crippen LogP contribution in [0.25, 0.3) is 10.2 Å². The number of benzene rings is 2.